The minimum absolute atomic E-state index is 0.261. The maximum atomic E-state index is 10.9. The number of carboxylic acid groups (broad SMARTS) is 1. The minimum Gasteiger partial charge on any atom is -0.478 e. The van der Waals surface area contributed by atoms with Crippen molar-refractivity contribution in [1.29, 1.82) is 0 Å². The second-order valence-corrected chi connectivity index (χ2v) is 4.86. The van der Waals surface area contributed by atoms with E-state index in [4.69, 9.17) is 9.52 Å². The van der Waals surface area contributed by atoms with Crippen molar-refractivity contribution in [2.75, 3.05) is 6.54 Å². The highest BCUT2D eigenvalue weighted by molar-refractivity contribution is 5.88. The van der Waals surface area contributed by atoms with Crippen molar-refractivity contribution < 1.29 is 14.3 Å². The molecule has 2 atom stereocenters. The van der Waals surface area contributed by atoms with E-state index in [2.05, 4.69) is 12.2 Å². The molecule has 1 heterocycles. The van der Waals surface area contributed by atoms with Gasteiger partial charge in [0, 0.05) is 0 Å². The number of hydrogen-bond acceptors (Lipinski definition) is 3. The molecule has 1 aromatic heterocycles. The molecule has 2 unspecified atom stereocenters. The van der Waals surface area contributed by atoms with Crippen LogP contribution in [-0.4, -0.2) is 17.6 Å². The smallest absolute Gasteiger partial charge is 0.339 e. The van der Waals surface area contributed by atoms with E-state index < -0.39 is 5.97 Å². The van der Waals surface area contributed by atoms with Crippen LogP contribution in [0.25, 0.3) is 0 Å². The molecule has 2 N–H and O–H groups in total. The molecule has 0 aromatic carbocycles. The van der Waals surface area contributed by atoms with Gasteiger partial charge >= 0.3 is 5.97 Å². The summed E-state index contributed by atoms with van der Waals surface area (Å²) in [6.45, 7) is 3.73. The van der Waals surface area contributed by atoms with E-state index in [9.17, 15) is 4.79 Å². The summed E-state index contributed by atoms with van der Waals surface area (Å²) in [5.74, 6) is 1.09. The lowest BCUT2D eigenvalue weighted by molar-refractivity contribution is 0.0694. The van der Waals surface area contributed by atoms with Crippen LogP contribution in [0.2, 0.25) is 0 Å². The average molecular weight is 237 g/mol. The van der Waals surface area contributed by atoms with E-state index in [1.165, 1.54) is 31.6 Å². The maximum Gasteiger partial charge on any atom is 0.339 e. The maximum absolute atomic E-state index is 10.9. The van der Waals surface area contributed by atoms with Gasteiger partial charge in [-0.2, -0.15) is 0 Å². The Hall–Kier alpha value is -1.29. The summed E-state index contributed by atoms with van der Waals surface area (Å²) >= 11 is 0. The Bertz CT molecular complexity index is 386. The van der Waals surface area contributed by atoms with Crippen LogP contribution in [0.4, 0.5) is 0 Å². The van der Waals surface area contributed by atoms with Crippen LogP contribution in [0.15, 0.2) is 16.7 Å². The summed E-state index contributed by atoms with van der Waals surface area (Å²) < 4.78 is 5.17. The zero-order chi connectivity index (χ0) is 12.3. The molecule has 0 saturated heterocycles. The Kier molecular flexibility index (Phi) is 3.84. The van der Waals surface area contributed by atoms with E-state index in [0.717, 1.165) is 18.4 Å². The first-order valence-electron chi connectivity index (χ1n) is 6.19. The second kappa shape index (κ2) is 5.36. The van der Waals surface area contributed by atoms with Crippen molar-refractivity contribution in [3.05, 3.63) is 23.7 Å². The number of rotatable bonds is 5. The molecule has 1 fully saturated rings. The first kappa shape index (κ1) is 12.2. The molecule has 1 saturated carbocycles. The van der Waals surface area contributed by atoms with Gasteiger partial charge in [0.25, 0.3) is 0 Å². The van der Waals surface area contributed by atoms with Gasteiger partial charge in [-0.1, -0.05) is 19.8 Å². The van der Waals surface area contributed by atoms with Crippen molar-refractivity contribution in [3.8, 4) is 0 Å². The number of aromatic carboxylic acids is 1. The van der Waals surface area contributed by atoms with Crippen molar-refractivity contribution in [2.45, 2.75) is 32.7 Å². The van der Waals surface area contributed by atoms with Gasteiger partial charge in [0.1, 0.15) is 11.3 Å². The summed E-state index contributed by atoms with van der Waals surface area (Å²) in [5, 5.41) is 12.2. The molecule has 4 heteroatoms. The molecule has 0 spiro atoms. The third kappa shape index (κ3) is 2.88. The van der Waals surface area contributed by atoms with Gasteiger partial charge in [-0.3, -0.25) is 0 Å². The standard InChI is InChI=1S/C13H19NO3/c1-9-3-2-4-10(9)7-14-8-12-11(13(15)16)5-6-17-12/h5-6,9-10,14H,2-4,7-8H2,1H3,(H,15,16). The van der Waals surface area contributed by atoms with Gasteiger partial charge in [0.2, 0.25) is 0 Å². The van der Waals surface area contributed by atoms with Crippen LogP contribution in [0.5, 0.6) is 0 Å². The van der Waals surface area contributed by atoms with E-state index in [1.807, 2.05) is 0 Å². The molecule has 1 aliphatic carbocycles. The SMILES string of the molecule is CC1CCCC1CNCc1occc1C(=O)O. The van der Waals surface area contributed by atoms with Gasteiger partial charge in [0.15, 0.2) is 0 Å². The van der Waals surface area contributed by atoms with E-state index in [1.54, 1.807) is 0 Å². The zero-order valence-corrected chi connectivity index (χ0v) is 10.1. The fourth-order valence-corrected chi connectivity index (χ4v) is 2.56. The van der Waals surface area contributed by atoms with Crippen molar-refractivity contribution in [1.82, 2.24) is 5.32 Å². The molecule has 0 amide bonds. The summed E-state index contributed by atoms with van der Waals surface area (Å²) in [6, 6.07) is 1.50. The van der Waals surface area contributed by atoms with E-state index in [0.29, 0.717) is 12.3 Å². The van der Waals surface area contributed by atoms with Crippen LogP contribution in [0.1, 0.15) is 42.3 Å². The Labute approximate surface area is 101 Å². The summed E-state index contributed by atoms with van der Waals surface area (Å²) in [4.78, 5) is 10.9. The zero-order valence-electron chi connectivity index (χ0n) is 10.1. The van der Waals surface area contributed by atoms with Gasteiger partial charge in [-0.25, -0.2) is 4.79 Å². The molecule has 0 radical (unpaired) electrons. The Morgan fingerprint density at radius 2 is 2.41 bits per heavy atom. The van der Waals surface area contributed by atoms with E-state index in [-0.39, 0.29) is 5.56 Å². The van der Waals surface area contributed by atoms with Crippen LogP contribution in [0, 0.1) is 11.8 Å². The normalized spacial score (nSPS) is 24.1. The van der Waals surface area contributed by atoms with Crippen LogP contribution in [0.3, 0.4) is 0 Å². The van der Waals surface area contributed by atoms with Gasteiger partial charge in [0.05, 0.1) is 12.8 Å². The average Bonchev–Trinajstić information content (AvgIpc) is 2.88. The Balaban J connectivity index is 1.81. The molecule has 4 nitrogen and oxygen atoms in total. The predicted octanol–water partition coefficient (Wildman–Crippen LogP) is 2.50. The summed E-state index contributed by atoms with van der Waals surface area (Å²) in [6.07, 6.45) is 5.33. The fourth-order valence-electron chi connectivity index (χ4n) is 2.56. The van der Waals surface area contributed by atoms with Crippen molar-refractivity contribution >= 4 is 5.97 Å². The van der Waals surface area contributed by atoms with E-state index >= 15 is 0 Å². The van der Waals surface area contributed by atoms with Crippen molar-refractivity contribution in [2.24, 2.45) is 11.8 Å². The highest BCUT2D eigenvalue weighted by Crippen LogP contribution is 2.30. The second-order valence-electron chi connectivity index (χ2n) is 4.86. The van der Waals surface area contributed by atoms with Crippen molar-refractivity contribution in [3.63, 3.8) is 0 Å². The highest BCUT2D eigenvalue weighted by atomic mass is 16.4. The molecule has 94 valence electrons. The van der Waals surface area contributed by atoms with Gasteiger partial charge in [-0.15, -0.1) is 0 Å². The number of carboxylic acids is 1. The number of furan rings is 1. The molecule has 1 aliphatic rings. The number of carbonyl (C=O) groups is 1. The highest BCUT2D eigenvalue weighted by Gasteiger charge is 2.23. The molecular weight excluding hydrogens is 218 g/mol. The lowest BCUT2D eigenvalue weighted by Crippen LogP contribution is -2.24. The molecular formula is C13H19NO3. The third-order valence-electron chi connectivity index (χ3n) is 3.71. The Morgan fingerprint density at radius 1 is 1.59 bits per heavy atom. The van der Waals surface area contributed by atoms with Crippen LogP contribution < -0.4 is 5.32 Å². The molecule has 17 heavy (non-hydrogen) atoms. The topological polar surface area (TPSA) is 62.5 Å². The van der Waals surface area contributed by atoms with Crippen LogP contribution >= 0.6 is 0 Å². The molecule has 1 aromatic rings. The molecule has 2 rings (SSSR count). The first-order valence-corrected chi connectivity index (χ1v) is 6.19. The fraction of sp³-hybridized carbons (Fsp3) is 0.615. The molecule has 0 aliphatic heterocycles. The van der Waals surface area contributed by atoms with Crippen LogP contribution in [-0.2, 0) is 6.54 Å². The predicted molar refractivity (Wildman–Crippen MR) is 63.9 cm³/mol. The first-order chi connectivity index (χ1) is 8.18. The lowest BCUT2D eigenvalue weighted by Gasteiger charge is -2.15. The molecule has 0 bridgehead atoms. The van der Waals surface area contributed by atoms with Gasteiger partial charge < -0.3 is 14.8 Å². The summed E-state index contributed by atoms with van der Waals surface area (Å²) in [5.41, 5.74) is 0.261. The lowest BCUT2D eigenvalue weighted by atomic mass is 9.98. The monoisotopic (exact) mass is 237 g/mol. The Morgan fingerprint density at radius 3 is 3.06 bits per heavy atom. The summed E-state index contributed by atoms with van der Waals surface area (Å²) in [7, 11) is 0. The number of hydrogen-bond donors (Lipinski definition) is 2. The van der Waals surface area contributed by atoms with Gasteiger partial charge in [-0.05, 0) is 30.9 Å². The quantitative estimate of drug-likeness (QED) is 0.826. The largest absolute Gasteiger partial charge is 0.478 e. The third-order valence-corrected chi connectivity index (χ3v) is 3.71. The minimum atomic E-state index is -0.926. The number of nitrogens with one attached hydrogen (secondary N) is 1.